The molecule has 20 heavy (non-hydrogen) atoms. The standard InChI is InChI=1S/C14H25N5O/c1-3-15-14(18-7-9-20-10-8-18)16-11-13(2)12-19-6-4-5-17-19/h4-6,13H,3,7-12H2,1-2H3,(H,15,16). The van der Waals surface area contributed by atoms with E-state index in [9.17, 15) is 0 Å². The fourth-order valence-corrected chi connectivity index (χ4v) is 2.23. The molecular weight excluding hydrogens is 254 g/mol. The monoisotopic (exact) mass is 279 g/mol. The minimum absolute atomic E-state index is 0.463. The summed E-state index contributed by atoms with van der Waals surface area (Å²) in [5, 5.41) is 7.60. The maximum absolute atomic E-state index is 5.39. The zero-order valence-corrected chi connectivity index (χ0v) is 12.5. The Morgan fingerprint density at radius 1 is 1.45 bits per heavy atom. The summed E-state index contributed by atoms with van der Waals surface area (Å²) in [4.78, 5) is 7.02. The van der Waals surface area contributed by atoms with E-state index in [2.05, 4.69) is 29.2 Å². The molecule has 0 spiro atoms. The molecule has 1 saturated heterocycles. The van der Waals surface area contributed by atoms with Crippen LogP contribution in [0.4, 0.5) is 0 Å². The van der Waals surface area contributed by atoms with Crippen molar-refractivity contribution in [2.75, 3.05) is 39.4 Å². The molecule has 0 aromatic carbocycles. The molecule has 112 valence electrons. The second kappa shape index (κ2) is 7.89. The van der Waals surface area contributed by atoms with Crippen molar-refractivity contribution in [2.24, 2.45) is 10.9 Å². The molecule has 1 fully saturated rings. The lowest BCUT2D eigenvalue weighted by molar-refractivity contribution is 0.0664. The van der Waals surface area contributed by atoms with Gasteiger partial charge in [-0.05, 0) is 18.9 Å². The van der Waals surface area contributed by atoms with Gasteiger partial charge >= 0.3 is 0 Å². The van der Waals surface area contributed by atoms with Crippen LogP contribution >= 0.6 is 0 Å². The Kier molecular flexibility index (Phi) is 5.86. The van der Waals surface area contributed by atoms with Crippen molar-refractivity contribution in [1.29, 1.82) is 0 Å². The van der Waals surface area contributed by atoms with Crippen LogP contribution in [0.3, 0.4) is 0 Å². The number of aromatic nitrogens is 2. The van der Waals surface area contributed by atoms with Crippen molar-refractivity contribution in [3.8, 4) is 0 Å². The first-order valence-electron chi connectivity index (χ1n) is 7.38. The summed E-state index contributed by atoms with van der Waals surface area (Å²) in [5.41, 5.74) is 0. The van der Waals surface area contributed by atoms with E-state index >= 15 is 0 Å². The predicted octanol–water partition coefficient (Wildman–Crippen LogP) is 0.817. The van der Waals surface area contributed by atoms with E-state index in [0.29, 0.717) is 5.92 Å². The molecule has 0 amide bonds. The van der Waals surface area contributed by atoms with Crippen LogP contribution in [0.25, 0.3) is 0 Å². The summed E-state index contributed by atoms with van der Waals surface area (Å²) in [6.45, 7) is 10.3. The third-order valence-electron chi connectivity index (χ3n) is 3.26. The van der Waals surface area contributed by atoms with Gasteiger partial charge in [-0.3, -0.25) is 9.67 Å². The highest BCUT2D eigenvalue weighted by molar-refractivity contribution is 5.80. The third-order valence-corrected chi connectivity index (χ3v) is 3.26. The number of morpholine rings is 1. The average molecular weight is 279 g/mol. The SMILES string of the molecule is CCNC(=NCC(C)Cn1cccn1)N1CCOCC1. The van der Waals surface area contributed by atoms with Crippen LogP contribution in [0.1, 0.15) is 13.8 Å². The first-order chi connectivity index (χ1) is 9.79. The van der Waals surface area contributed by atoms with Gasteiger partial charge in [0.2, 0.25) is 0 Å². The quantitative estimate of drug-likeness (QED) is 0.640. The highest BCUT2D eigenvalue weighted by Gasteiger charge is 2.14. The molecule has 0 aliphatic carbocycles. The number of hydrogen-bond acceptors (Lipinski definition) is 3. The van der Waals surface area contributed by atoms with Crippen molar-refractivity contribution in [1.82, 2.24) is 20.0 Å². The summed E-state index contributed by atoms with van der Waals surface area (Å²) < 4.78 is 7.35. The number of ether oxygens (including phenoxy) is 1. The molecule has 1 aromatic rings. The number of nitrogens with one attached hydrogen (secondary N) is 1. The Morgan fingerprint density at radius 2 is 2.25 bits per heavy atom. The summed E-state index contributed by atoms with van der Waals surface area (Å²) in [6.07, 6.45) is 3.81. The minimum Gasteiger partial charge on any atom is -0.378 e. The topological polar surface area (TPSA) is 54.7 Å². The molecule has 1 atom stereocenters. The van der Waals surface area contributed by atoms with Gasteiger partial charge in [0.1, 0.15) is 0 Å². The van der Waals surface area contributed by atoms with E-state index < -0.39 is 0 Å². The van der Waals surface area contributed by atoms with Crippen LogP contribution in [0.5, 0.6) is 0 Å². The average Bonchev–Trinajstić information content (AvgIpc) is 2.97. The highest BCUT2D eigenvalue weighted by atomic mass is 16.5. The second-order valence-electron chi connectivity index (χ2n) is 5.13. The number of guanidine groups is 1. The molecule has 1 aromatic heterocycles. The number of nitrogens with zero attached hydrogens (tertiary/aromatic N) is 4. The summed E-state index contributed by atoms with van der Waals surface area (Å²) in [6, 6.07) is 1.95. The molecule has 1 unspecified atom stereocenters. The van der Waals surface area contributed by atoms with Gasteiger partial charge in [-0.2, -0.15) is 5.10 Å². The fraction of sp³-hybridized carbons (Fsp3) is 0.714. The molecule has 1 aliphatic heterocycles. The van der Waals surface area contributed by atoms with E-state index in [4.69, 9.17) is 9.73 Å². The van der Waals surface area contributed by atoms with Crippen molar-refractivity contribution in [3.05, 3.63) is 18.5 Å². The third kappa shape index (κ3) is 4.52. The van der Waals surface area contributed by atoms with Gasteiger partial charge in [-0.1, -0.05) is 6.92 Å². The molecular formula is C14H25N5O. The predicted molar refractivity (Wildman–Crippen MR) is 79.8 cm³/mol. The minimum atomic E-state index is 0.463. The van der Waals surface area contributed by atoms with Gasteiger partial charge in [0.25, 0.3) is 0 Å². The van der Waals surface area contributed by atoms with Crippen LogP contribution < -0.4 is 5.32 Å². The van der Waals surface area contributed by atoms with Crippen molar-refractivity contribution in [3.63, 3.8) is 0 Å². The molecule has 0 bridgehead atoms. The Bertz CT molecular complexity index is 398. The van der Waals surface area contributed by atoms with E-state index in [1.807, 2.05) is 23.1 Å². The van der Waals surface area contributed by atoms with Crippen LogP contribution in [0.2, 0.25) is 0 Å². The van der Waals surface area contributed by atoms with E-state index in [-0.39, 0.29) is 0 Å². The molecule has 1 aliphatic rings. The van der Waals surface area contributed by atoms with Crippen molar-refractivity contribution < 1.29 is 4.74 Å². The number of aliphatic imine (C=N–C) groups is 1. The highest BCUT2D eigenvalue weighted by Crippen LogP contribution is 2.03. The first-order valence-corrected chi connectivity index (χ1v) is 7.38. The van der Waals surface area contributed by atoms with Gasteiger partial charge in [-0.15, -0.1) is 0 Å². The normalized spacial score (nSPS) is 18.1. The molecule has 6 heteroatoms. The second-order valence-corrected chi connectivity index (χ2v) is 5.13. The van der Waals surface area contributed by atoms with E-state index in [1.54, 1.807) is 0 Å². The van der Waals surface area contributed by atoms with Crippen molar-refractivity contribution >= 4 is 5.96 Å². The van der Waals surface area contributed by atoms with E-state index in [0.717, 1.165) is 51.9 Å². The zero-order chi connectivity index (χ0) is 14.2. The van der Waals surface area contributed by atoms with Gasteiger partial charge in [0, 0.05) is 45.1 Å². The maximum Gasteiger partial charge on any atom is 0.194 e. The van der Waals surface area contributed by atoms with Crippen LogP contribution in [0, 0.1) is 5.92 Å². The molecule has 0 radical (unpaired) electrons. The Balaban J connectivity index is 1.87. The van der Waals surface area contributed by atoms with E-state index in [1.165, 1.54) is 0 Å². The molecule has 1 N–H and O–H groups in total. The van der Waals surface area contributed by atoms with Crippen LogP contribution in [-0.2, 0) is 11.3 Å². The first kappa shape index (κ1) is 14.8. The van der Waals surface area contributed by atoms with Crippen molar-refractivity contribution in [2.45, 2.75) is 20.4 Å². The van der Waals surface area contributed by atoms with Gasteiger partial charge in [-0.25, -0.2) is 0 Å². The van der Waals surface area contributed by atoms with Gasteiger partial charge in [0.05, 0.1) is 13.2 Å². The molecule has 2 rings (SSSR count). The summed E-state index contributed by atoms with van der Waals surface area (Å²) in [7, 11) is 0. The molecule has 6 nitrogen and oxygen atoms in total. The summed E-state index contributed by atoms with van der Waals surface area (Å²) >= 11 is 0. The smallest absolute Gasteiger partial charge is 0.194 e. The fourth-order valence-electron chi connectivity index (χ4n) is 2.23. The lowest BCUT2D eigenvalue weighted by Gasteiger charge is -2.30. The number of hydrogen-bond donors (Lipinski definition) is 1. The van der Waals surface area contributed by atoms with Gasteiger partial charge < -0.3 is 15.0 Å². The van der Waals surface area contributed by atoms with Crippen LogP contribution in [0.15, 0.2) is 23.5 Å². The molecule has 2 heterocycles. The largest absolute Gasteiger partial charge is 0.378 e. The number of rotatable bonds is 5. The Morgan fingerprint density at radius 3 is 2.90 bits per heavy atom. The molecule has 0 saturated carbocycles. The van der Waals surface area contributed by atoms with Crippen LogP contribution in [-0.4, -0.2) is 60.0 Å². The maximum atomic E-state index is 5.39. The lowest BCUT2D eigenvalue weighted by Crippen LogP contribution is -2.47. The summed E-state index contributed by atoms with van der Waals surface area (Å²) in [5.74, 6) is 1.47. The lowest BCUT2D eigenvalue weighted by atomic mass is 10.2. The van der Waals surface area contributed by atoms with Gasteiger partial charge in [0.15, 0.2) is 5.96 Å². The Labute approximate surface area is 120 Å². The Hall–Kier alpha value is -1.56. The zero-order valence-electron chi connectivity index (χ0n) is 12.5.